The van der Waals surface area contributed by atoms with Crippen molar-refractivity contribution in [3.8, 4) is 0 Å². The normalized spacial score (nSPS) is 13.8. The molecule has 0 atom stereocenters. The zero-order valence-electron chi connectivity index (χ0n) is 25.4. The summed E-state index contributed by atoms with van der Waals surface area (Å²) < 4.78 is 5.71. The molecule has 3 aromatic carbocycles. The molecule has 3 nitrogen and oxygen atoms in total. The molecule has 0 amide bonds. The van der Waals surface area contributed by atoms with Crippen molar-refractivity contribution < 1.29 is 0 Å². The molecule has 0 saturated carbocycles. The molecule has 0 aliphatic carbocycles. The van der Waals surface area contributed by atoms with Crippen LogP contribution >= 0.6 is 0 Å². The second-order valence-corrected chi connectivity index (χ2v) is 25.0. The van der Waals surface area contributed by atoms with E-state index < -0.39 is 23.9 Å². The third-order valence-electron chi connectivity index (χ3n) is 9.23. The molecule has 0 radical (unpaired) electrons. The molecule has 0 unspecified atom stereocenters. The quantitative estimate of drug-likeness (QED) is 0.101. The van der Waals surface area contributed by atoms with Gasteiger partial charge in [0.1, 0.15) is 0 Å². The van der Waals surface area contributed by atoms with E-state index in [4.69, 9.17) is 9.97 Å². The summed E-state index contributed by atoms with van der Waals surface area (Å²) >= 11 is -2.68. The van der Waals surface area contributed by atoms with Gasteiger partial charge in [-0.25, -0.2) is 0 Å². The monoisotopic (exact) mass is 653 g/mol. The summed E-state index contributed by atoms with van der Waals surface area (Å²) in [6, 6.07) is 33.1. The number of aromatic nitrogens is 2. The van der Waals surface area contributed by atoms with Gasteiger partial charge in [-0.15, -0.1) is 0 Å². The maximum absolute atomic E-state index is 5.62. The zero-order chi connectivity index (χ0) is 28.5. The summed E-state index contributed by atoms with van der Waals surface area (Å²) in [6.07, 6.45) is 10.1. The fourth-order valence-corrected chi connectivity index (χ4v) is 22.2. The molecular formula is C37H47N3Sn. The van der Waals surface area contributed by atoms with Gasteiger partial charge in [-0.3, -0.25) is 0 Å². The molecule has 0 N–H and O–H groups in total. The molecule has 4 aromatic rings. The fraction of sp³-hybridized carbons (Fsp3) is 0.405. The Hall–Kier alpha value is -2.50. The molecule has 0 fully saturated rings. The summed E-state index contributed by atoms with van der Waals surface area (Å²) in [6.45, 7) is 8.64. The van der Waals surface area contributed by atoms with Gasteiger partial charge in [0, 0.05) is 0 Å². The van der Waals surface area contributed by atoms with E-state index >= 15 is 0 Å². The summed E-state index contributed by atoms with van der Waals surface area (Å²) in [7, 11) is 0. The zero-order valence-corrected chi connectivity index (χ0v) is 28.2. The van der Waals surface area contributed by atoms with Gasteiger partial charge in [-0.05, 0) is 0 Å². The van der Waals surface area contributed by atoms with Crippen molar-refractivity contribution in [1.82, 2.24) is 14.9 Å². The minimum atomic E-state index is -2.68. The van der Waals surface area contributed by atoms with Crippen molar-refractivity contribution in [2.75, 3.05) is 0 Å². The fourth-order valence-electron chi connectivity index (χ4n) is 7.01. The van der Waals surface area contributed by atoms with Crippen LogP contribution in [0.3, 0.4) is 0 Å². The van der Waals surface area contributed by atoms with E-state index in [9.17, 15) is 0 Å². The maximum atomic E-state index is 5.62. The Morgan fingerprint density at radius 2 is 1.02 bits per heavy atom. The van der Waals surface area contributed by atoms with Crippen LogP contribution in [0.4, 0.5) is 0 Å². The topological polar surface area (TPSA) is 29.0 Å². The molecule has 0 spiro atoms. The second kappa shape index (κ2) is 14.1. The Balaban J connectivity index is 1.61. The standard InChI is InChI=1S/C25H20N3.3C4H9.Sn/c1-4-10-20(11-5-1)25(21-12-6-2-7-13-21,22-14-8-3-9-15-22)28-18-23-24(19-28)27-17-16-26-23;3*1-3-4-2;/h1-16H,18-19H2;3*1,3-4H2,2H3;. The number of benzene rings is 3. The Kier molecular flexibility index (Phi) is 10.3. The molecule has 41 heavy (non-hydrogen) atoms. The van der Waals surface area contributed by atoms with Crippen molar-refractivity contribution >= 4 is 22.1 Å². The molecule has 1 aromatic heterocycles. The molecule has 1 aliphatic rings. The van der Waals surface area contributed by atoms with Crippen LogP contribution in [-0.2, 0) is 18.6 Å². The van der Waals surface area contributed by atoms with E-state index in [-0.39, 0.29) is 0 Å². The first-order chi connectivity index (χ1) is 20.2. The predicted molar refractivity (Wildman–Crippen MR) is 175 cm³/mol. The number of fused-ring (bicyclic) bond motifs is 1. The van der Waals surface area contributed by atoms with Gasteiger partial charge in [0.25, 0.3) is 0 Å². The molecule has 214 valence electrons. The van der Waals surface area contributed by atoms with Crippen LogP contribution in [0, 0.1) is 0 Å². The van der Waals surface area contributed by atoms with Crippen LogP contribution in [0.1, 0.15) is 87.4 Å². The van der Waals surface area contributed by atoms with Crippen LogP contribution in [0.2, 0.25) is 13.3 Å². The molecule has 5 rings (SSSR count). The van der Waals surface area contributed by atoms with Crippen LogP contribution < -0.4 is 3.71 Å². The minimum absolute atomic E-state index is 0.431. The summed E-state index contributed by atoms with van der Waals surface area (Å²) in [4.78, 5) is 13.5. The molecule has 0 bridgehead atoms. The molecular weight excluding hydrogens is 605 g/mol. The number of hydrogen-bond acceptors (Lipinski definition) is 3. The average Bonchev–Trinajstić information content (AvgIpc) is 3.46. The van der Waals surface area contributed by atoms with E-state index in [0.717, 1.165) is 18.8 Å². The van der Waals surface area contributed by atoms with Crippen molar-refractivity contribution in [2.45, 2.75) is 91.2 Å². The number of unbranched alkanes of at least 4 members (excludes halogenated alkanes) is 3. The third kappa shape index (κ3) is 6.17. The Bertz CT molecular complexity index is 1240. The first kappa shape index (κ1) is 30.0. The van der Waals surface area contributed by atoms with Crippen molar-refractivity contribution in [3.05, 3.63) is 125 Å². The van der Waals surface area contributed by atoms with Crippen molar-refractivity contribution in [3.63, 3.8) is 0 Å². The van der Waals surface area contributed by atoms with Gasteiger partial charge < -0.3 is 0 Å². The summed E-state index contributed by atoms with van der Waals surface area (Å²) in [5.74, 6) is 0. The number of nitrogens with zero attached hydrogens (tertiary/aromatic N) is 3. The summed E-state index contributed by atoms with van der Waals surface area (Å²) in [5, 5.41) is 0. The molecule has 2 heterocycles. The SMILES string of the molecule is CCC[CH2][Sn]([CH2]CCC)([CH2]CCC)[c]1cnc2c(n1)CN(C(c1ccccc1)(c1ccccc1)c1ccccc1)C2. The average molecular weight is 653 g/mol. The van der Waals surface area contributed by atoms with E-state index in [2.05, 4.69) is 123 Å². The third-order valence-corrected chi connectivity index (χ3v) is 24.2. The summed E-state index contributed by atoms with van der Waals surface area (Å²) in [5.41, 5.74) is 5.79. The first-order valence-corrected chi connectivity index (χ1v) is 23.4. The number of rotatable bonds is 14. The van der Waals surface area contributed by atoms with E-state index in [1.54, 1.807) is 0 Å². The van der Waals surface area contributed by atoms with Crippen LogP contribution in [0.15, 0.2) is 97.2 Å². The van der Waals surface area contributed by atoms with Crippen LogP contribution in [0.5, 0.6) is 0 Å². The Morgan fingerprint density at radius 1 is 0.610 bits per heavy atom. The molecule has 1 aliphatic heterocycles. The van der Waals surface area contributed by atoms with Crippen LogP contribution in [-0.4, -0.2) is 33.2 Å². The van der Waals surface area contributed by atoms with Gasteiger partial charge in [0.15, 0.2) is 0 Å². The van der Waals surface area contributed by atoms with Crippen molar-refractivity contribution in [2.24, 2.45) is 0 Å². The van der Waals surface area contributed by atoms with Gasteiger partial charge in [0.2, 0.25) is 0 Å². The van der Waals surface area contributed by atoms with Gasteiger partial charge in [-0.1, -0.05) is 0 Å². The Morgan fingerprint density at radius 3 is 1.44 bits per heavy atom. The van der Waals surface area contributed by atoms with E-state index in [1.807, 2.05) is 0 Å². The number of hydrogen-bond donors (Lipinski definition) is 0. The van der Waals surface area contributed by atoms with Gasteiger partial charge >= 0.3 is 253 Å². The van der Waals surface area contributed by atoms with E-state index in [1.165, 1.54) is 77.9 Å². The first-order valence-electron chi connectivity index (χ1n) is 15.9. The molecule has 4 heteroatoms. The van der Waals surface area contributed by atoms with Gasteiger partial charge in [-0.2, -0.15) is 0 Å². The van der Waals surface area contributed by atoms with Crippen molar-refractivity contribution in [1.29, 1.82) is 0 Å². The molecule has 0 saturated heterocycles. The van der Waals surface area contributed by atoms with E-state index in [0.29, 0.717) is 0 Å². The van der Waals surface area contributed by atoms with Gasteiger partial charge in [0.05, 0.1) is 0 Å². The van der Waals surface area contributed by atoms with Crippen LogP contribution in [0.25, 0.3) is 0 Å². The predicted octanol–water partition coefficient (Wildman–Crippen LogP) is 8.84. The Labute approximate surface area is 252 Å². The second-order valence-electron chi connectivity index (χ2n) is 11.9.